The van der Waals surface area contributed by atoms with Crippen molar-refractivity contribution >= 4 is 5.91 Å². The van der Waals surface area contributed by atoms with Gasteiger partial charge in [0, 0.05) is 24.9 Å². The molecule has 32 heavy (non-hydrogen) atoms. The van der Waals surface area contributed by atoms with Crippen LogP contribution in [0.2, 0.25) is 0 Å². The Hall–Kier alpha value is -3.11. The number of nitrogens with two attached hydrogens (primary N) is 1. The van der Waals surface area contributed by atoms with Crippen LogP contribution in [0.15, 0.2) is 78.6 Å². The average molecular weight is 444 g/mol. The second-order valence-electron chi connectivity index (χ2n) is 7.46. The second-order valence-corrected chi connectivity index (χ2v) is 7.46. The van der Waals surface area contributed by atoms with E-state index in [-0.39, 0.29) is 29.8 Å². The van der Waals surface area contributed by atoms with E-state index in [4.69, 9.17) is 33.8 Å². The van der Waals surface area contributed by atoms with Crippen LogP contribution < -0.4 is 10.5 Å². The number of fused-ring (bicyclic) bond motifs is 1. The fourth-order valence-electron chi connectivity index (χ4n) is 4.26. The zero-order valence-electron chi connectivity index (χ0n) is 34.0. The average Bonchev–Trinajstić information content (AvgIpc) is 3.66. The standard InChI is InChI=1S/C28H30N2O2/c29-27(31)28(23-7-3-1-4-8-23,24-9-5-2-6-10-24)25-14-17-30(20-25)16-13-21-11-12-26-22(19-21)15-18-32-26/h1-12,19,25H,13-18,20H2,(H2,29,31)/t25-/m1/s1/i1D,2D,3D,4D,5D,6D,7D,8D,9D,10D,11D,12D,15D2,16D2,19D. The molecular weight excluding hydrogens is 396 g/mol. The molecular formula is C28H30N2O2. The summed E-state index contributed by atoms with van der Waals surface area (Å²) in [6.07, 6.45) is -3.08. The second kappa shape index (κ2) is 8.79. The Morgan fingerprint density at radius 3 is 2.47 bits per heavy atom. The molecule has 1 saturated heterocycles. The van der Waals surface area contributed by atoms with E-state index in [2.05, 4.69) is 0 Å². The van der Waals surface area contributed by atoms with Gasteiger partial charge in [-0.3, -0.25) is 4.79 Å². The molecule has 0 aromatic heterocycles. The summed E-state index contributed by atoms with van der Waals surface area (Å²) >= 11 is 0. The number of benzene rings is 3. The van der Waals surface area contributed by atoms with Crippen molar-refractivity contribution in [2.75, 3.05) is 26.2 Å². The van der Waals surface area contributed by atoms with Crippen LogP contribution in [0, 0.1) is 5.92 Å². The lowest BCUT2D eigenvalue weighted by Crippen LogP contribution is -2.49. The third-order valence-electron chi connectivity index (χ3n) is 5.75. The number of primary amides is 1. The highest BCUT2D eigenvalue weighted by atomic mass is 16.5. The maximum absolute atomic E-state index is 13.9. The molecule has 0 unspecified atom stereocenters. The monoisotopic (exact) mass is 443 g/mol. The van der Waals surface area contributed by atoms with E-state index in [0.29, 0.717) is 0 Å². The zero-order chi connectivity index (χ0) is 36.9. The summed E-state index contributed by atoms with van der Waals surface area (Å²) in [6.45, 7) is -3.65. The van der Waals surface area contributed by atoms with Crippen LogP contribution in [0.25, 0.3) is 0 Å². The van der Waals surface area contributed by atoms with E-state index in [1.807, 2.05) is 0 Å². The maximum atomic E-state index is 13.9. The van der Waals surface area contributed by atoms with Gasteiger partial charge in [-0.1, -0.05) is 72.5 Å². The minimum atomic E-state index is -2.68. The van der Waals surface area contributed by atoms with Crippen LogP contribution in [-0.4, -0.2) is 37.0 Å². The third-order valence-corrected chi connectivity index (χ3v) is 5.75. The van der Waals surface area contributed by atoms with Crippen molar-refractivity contribution in [3.63, 3.8) is 0 Å². The Morgan fingerprint density at radius 1 is 1.12 bits per heavy atom. The van der Waals surface area contributed by atoms with E-state index in [0.717, 1.165) is 0 Å². The van der Waals surface area contributed by atoms with E-state index in [1.54, 1.807) is 0 Å². The molecule has 1 amide bonds. The number of nitrogens with zero attached hydrogens (tertiary/aromatic N) is 1. The number of hydrogen-bond donors (Lipinski definition) is 1. The highest BCUT2D eigenvalue weighted by Gasteiger charge is 2.49. The minimum absolute atomic E-state index is 0.196. The summed E-state index contributed by atoms with van der Waals surface area (Å²) in [6, 6.07) is -10.4. The Labute approximate surface area is 213 Å². The minimum Gasteiger partial charge on any atom is -0.493 e. The Morgan fingerprint density at radius 2 is 1.81 bits per heavy atom. The number of amides is 1. The molecule has 0 radical (unpaired) electrons. The molecule has 2 N–H and O–H groups in total. The summed E-state index contributed by atoms with van der Waals surface area (Å²) in [5.74, 6) is -3.01. The molecule has 4 heteroatoms. The molecule has 4 nitrogen and oxygen atoms in total. The fourth-order valence-corrected chi connectivity index (χ4v) is 4.26. The van der Waals surface area contributed by atoms with Gasteiger partial charge in [0.1, 0.15) is 11.2 Å². The molecule has 0 aliphatic carbocycles. The van der Waals surface area contributed by atoms with E-state index >= 15 is 0 Å². The smallest absolute Gasteiger partial charge is 0.232 e. The van der Waals surface area contributed by atoms with Gasteiger partial charge in [-0.05, 0) is 53.6 Å². The summed E-state index contributed by atoms with van der Waals surface area (Å²) in [7, 11) is 0. The van der Waals surface area contributed by atoms with Crippen molar-refractivity contribution in [1.82, 2.24) is 4.90 Å². The molecule has 1 fully saturated rings. The summed E-state index contributed by atoms with van der Waals surface area (Å²) in [4.78, 5) is 15.1. The SMILES string of the molecule is [2H]c1c([2H])c([2H])c(C(C(N)=O)(c2c([2H])c([2H])c([2H])c([2H])c2[2H])[C@@H]2CCN(C([2H])([2H])Cc3c([2H])c([2H])c4c(c3[2H])C([2H])([2H])CO4)C2)c([2H])c1[2H]. The maximum Gasteiger partial charge on any atom is 0.232 e. The Balaban J connectivity index is 1.71. The molecule has 164 valence electrons. The predicted octanol–water partition coefficient (Wildman–Crippen LogP) is 3.96. The topological polar surface area (TPSA) is 55.6 Å². The van der Waals surface area contributed by atoms with E-state index in [9.17, 15) is 4.79 Å². The van der Waals surface area contributed by atoms with Crippen molar-refractivity contribution in [2.24, 2.45) is 11.7 Å². The molecule has 3 aromatic rings. The molecule has 0 saturated carbocycles. The number of hydrogen-bond acceptors (Lipinski definition) is 3. The van der Waals surface area contributed by atoms with Gasteiger partial charge in [0.25, 0.3) is 0 Å². The Kier molecular flexibility index (Phi) is 2.48. The quantitative estimate of drug-likeness (QED) is 0.601. The van der Waals surface area contributed by atoms with Crippen LogP contribution >= 0.6 is 0 Å². The molecule has 5 rings (SSSR count). The number of carbonyl (C=O) groups is 1. The predicted molar refractivity (Wildman–Crippen MR) is 127 cm³/mol. The van der Waals surface area contributed by atoms with Crippen molar-refractivity contribution in [2.45, 2.75) is 24.6 Å². The first-order valence-electron chi connectivity index (χ1n) is 18.5. The molecule has 2 aliphatic rings. The molecule has 3 aromatic carbocycles. The lowest BCUT2D eigenvalue weighted by molar-refractivity contribution is -0.123. The summed E-state index contributed by atoms with van der Waals surface area (Å²) in [5, 5.41) is 0. The van der Waals surface area contributed by atoms with Crippen LogP contribution in [-0.2, 0) is 23.0 Å². The highest BCUT2D eigenvalue weighted by Crippen LogP contribution is 2.43. The van der Waals surface area contributed by atoms with Gasteiger partial charge in [0.15, 0.2) is 0 Å². The molecule has 1 atom stereocenters. The summed E-state index contributed by atoms with van der Waals surface area (Å²) in [5.41, 5.74) is 1.31. The van der Waals surface area contributed by atoms with Gasteiger partial charge in [-0.15, -0.1) is 0 Å². The van der Waals surface area contributed by atoms with Crippen molar-refractivity contribution in [1.29, 1.82) is 0 Å². The molecule has 0 spiro atoms. The number of rotatable bonds is 7. The molecule has 2 aliphatic heterocycles. The molecule has 2 heterocycles. The van der Waals surface area contributed by atoms with Crippen molar-refractivity contribution in [3.8, 4) is 5.75 Å². The fraction of sp³-hybridized carbons (Fsp3) is 0.321. The van der Waals surface area contributed by atoms with Gasteiger partial charge < -0.3 is 15.4 Å². The number of carbonyl (C=O) groups excluding carboxylic acids is 1. The van der Waals surface area contributed by atoms with Crippen LogP contribution in [0.5, 0.6) is 5.75 Å². The number of likely N-dealkylation sites (tertiary alicyclic amines) is 1. The van der Waals surface area contributed by atoms with Gasteiger partial charge in [-0.25, -0.2) is 0 Å². The molecule has 0 bridgehead atoms. The summed E-state index contributed by atoms with van der Waals surface area (Å²) < 4.78 is 149. The van der Waals surface area contributed by atoms with Crippen molar-refractivity contribution in [3.05, 3.63) is 101 Å². The van der Waals surface area contributed by atoms with Gasteiger partial charge in [0.2, 0.25) is 5.91 Å². The first-order valence-corrected chi connectivity index (χ1v) is 10.0. The van der Waals surface area contributed by atoms with E-state index in [1.165, 1.54) is 4.90 Å². The van der Waals surface area contributed by atoms with E-state index < -0.39 is 139 Å². The van der Waals surface area contributed by atoms with Gasteiger partial charge >= 0.3 is 0 Å². The lowest BCUT2D eigenvalue weighted by Gasteiger charge is -2.37. The third kappa shape index (κ3) is 3.69. The normalized spacial score (nSPS) is 27.9. The van der Waals surface area contributed by atoms with Gasteiger partial charge in [0.05, 0.1) is 24.4 Å². The van der Waals surface area contributed by atoms with Crippen LogP contribution in [0.1, 0.15) is 52.0 Å². The van der Waals surface area contributed by atoms with Crippen LogP contribution in [0.3, 0.4) is 0 Å². The van der Waals surface area contributed by atoms with Crippen molar-refractivity contribution < 1.29 is 32.8 Å². The first kappa shape index (κ1) is 9.03. The first-order chi connectivity index (χ1) is 22.5. The van der Waals surface area contributed by atoms with Crippen LogP contribution in [0.4, 0.5) is 0 Å². The zero-order valence-corrected chi connectivity index (χ0v) is 17.0. The number of ether oxygens (including phenoxy) is 1. The largest absolute Gasteiger partial charge is 0.493 e. The lowest BCUT2D eigenvalue weighted by atomic mass is 9.64. The Bertz CT molecular complexity index is 1800. The highest BCUT2D eigenvalue weighted by molar-refractivity contribution is 5.91. The van der Waals surface area contributed by atoms with Gasteiger partial charge in [-0.2, -0.15) is 0 Å².